The van der Waals surface area contributed by atoms with Gasteiger partial charge in [0.05, 0.1) is 19.5 Å². The lowest BCUT2D eigenvalue weighted by Crippen LogP contribution is -2.59. The number of carbonyl (C=O) groups is 4. The van der Waals surface area contributed by atoms with Crippen LogP contribution in [0.5, 0.6) is 0 Å². The van der Waals surface area contributed by atoms with Crippen molar-refractivity contribution >= 4 is 35.7 Å². The Kier molecular flexibility index (Phi) is 9.45. The molecule has 1 heterocycles. The minimum absolute atomic E-state index is 0.00101. The van der Waals surface area contributed by atoms with Crippen molar-refractivity contribution in [1.29, 1.82) is 0 Å². The number of methoxy groups -OCH3 is 1. The third-order valence-electron chi connectivity index (χ3n) is 4.47. The Balaban J connectivity index is 3.02. The summed E-state index contributed by atoms with van der Waals surface area (Å²) in [5.41, 5.74) is -0.622. The van der Waals surface area contributed by atoms with Crippen LogP contribution in [-0.2, 0) is 28.6 Å². The first-order chi connectivity index (χ1) is 13.8. The number of likely N-dealkylation sites (tertiary alicyclic amines) is 1. The van der Waals surface area contributed by atoms with Crippen molar-refractivity contribution in [3.8, 4) is 0 Å². The van der Waals surface area contributed by atoms with Crippen LogP contribution in [-0.4, -0.2) is 77.3 Å². The summed E-state index contributed by atoms with van der Waals surface area (Å²) in [6, 6.07) is -1.71. The molecule has 1 fully saturated rings. The first kappa shape index (κ1) is 26.1. The van der Waals surface area contributed by atoms with Crippen molar-refractivity contribution in [3.05, 3.63) is 0 Å². The van der Waals surface area contributed by atoms with Crippen molar-refractivity contribution in [2.75, 3.05) is 26.0 Å². The zero-order chi connectivity index (χ0) is 23.1. The van der Waals surface area contributed by atoms with Crippen molar-refractivity contribution in [2.45, 2.75) is 76.8 Å². The van der Waals surface area contributed by atoms with Crippen molar-refractivity contribution in [1.82, 2.24) is 10.2 Å². The second-order valence-corrected chi connectivity index (χ2v) is 10.1. The Bertz CT molecular complexity index is 646. The average molecular weight is 447 g/mol. The molecule has 2 atom stereocenters. The van der Waals surface area contributed by atoms with Gasteiger partial charge in [-0.25, -0.2) is 9.59 Å². The van der Waals surface area contributed by atoms with Gasteiger partial charge in [0.15, 0.2) is 0 Å². The predicted octanol–water partition coefficient (Wildman–Crippen LogP) is 2.12. The number of hydrogen-bond acceptors (Lipinski definition) is 8. The van der Waals surface area contributed by atoms with Gasteiger partial charge in [-0.3, -0.25) is 9.59 Å². The molecule has 0 saturated carbocycles. The zero-order valence-electron chi connectivity index (χ0n) is 18.9. The Hall–Kier alpha value is -1.97. The monoisotopic (exact) mass is 446 g/mol. The number of nitrogens with one attached hydrogen (secondary N) is 1. The van der Waals surface area contributed by atoms with Crippen LogP contribution in [0.25, 0.3) is 0 Å². The molecule has 1 aliphatic heterocycles. The smallest absolute Gasteiger partial charge is 0.407 e. The first-order valence-corrected chi connectivity index (χ1v) is 11.0. The van der Waals surface area contributed by atoms with Crippen molar-refractivity contribution in [3.63, 3.8) is 0 Å². The normalized spacial score (nSPS) is 17.8. The van der Waals surface area contributed by atoms with E-state index in [9.17, 15) is 19.2 Å². The molecule has 0 spiro atoms. The summed E-state index contributed by atoms with van der Waals surface area (Å²) in [6.07, 6.45) is 0.412. The van der Waals surface area contributed by atoms with Crippen LogP contribution in [0.4, 0.5) is 4.79 Å². The highest BCUT2D eigenvalue weighted by molar-refractivity contribution is 8.01. The second kappa shape index (κ2) is 10.9. The number of amides is 2. The maximum atomic E-state index is 13.4. The highest BCUT2D eigenvalue weighted by Gasteiger charge is 2.44. The SMILES string of the molecule is CCOC(=O)N[C@H](C(=O)N1CCC[C@H]1C(=O)OC)C(C)(C)SCC(=O)OC(C)(C)C. The van der Waals surface area contributed by atoms with Crippen LogP contribution >= 0.6 is 11.8 Å². The number of alkyl carbamates (subject to hydrolysis) is 1. The van der Waals surface area contributed by atoms with Gasteiger partial charge in [0.1, 0.15) is 17.7 Å². The minimum Gasteiger partial charge on any atom is -0.467 e. The maximum absolute atomic E-state index is 13.4. The van der Waals surface area contributed by atoms with E-state index in [0.29, 0.717) is 19.4 Å². The van der Waals surface area contributed by atoms with E-state index in [1.165, 1.54) is 23.8 Å². The molecule has 0 aromatic rings. The van der Waals surface area contributed by atoms with E-state index in [1.807, 2.05) is 0 Å². The van der Waals surface area contributed by atoms with E-state index in [-0.39, 0.29) is 12.4 Å². The number of thioether (sulfide) groups is 1. The molecule has 10 heteroatoms. The van der Waals surface area contributed by atoms with Crippen molar-refractivity contribution in [2.24, 2.45) is 0 Å². The number of carbonyl (C=O) groups excluding carboxylic acids is 4. The van der Waals surface area contributed by atoms with E-state index in [1.54, 1.807) is 41.5 Å². The summed E-state index contributed by atoms with van der Waals surface area (Å²) < 4.78 is 14.2. The van der Waals surface area contributed by atoms with E-state index in [4.69, 9.17) is 14.2 Å². The number of nitrogens with zero attached hydrogens (tertiary/aromatic N) is 1. The average Bonchev–Trinajstić information content (AvgIpc) is 3.12. The Morgan fingerprint density at radius 2 is 1.80 bits per heavy atom. The molecule has 1 aliphatic rings. The predicted molar refractivity (Wildman–Crippen MR) is 113 cm³/mol. The van der Waals surface area contributed by atoms with Crippen LogP contribution in [0, 0.1) is 0 Å². The molecule has 30 heavy (non-hydrogen) atoms. The van der Waals surface area contributed by atoms with E-state index in [0.717, 1.165) is 0 Å². The summed E-state index contributed by atoms with van der Waals surface area (Å²) in [7, 11) is 1.28. The second-order valence-electron chi connectivity index (χ2n) is 8.49. The van der Waals surface area contributed by atoms with Gasteiger partial charge < -0.3 is 24.4 Å². The molecule has 9 nitrogen and oxygen atoms in total. The number of hydrogen-bond donors (Lipinski definition) is 1. The molecule has 2 amide bonds. The third kappa shape index (κ3) is 7.70. The Morgan fingerprint density at radius 1 is 1.17 bits per heavy atom. The number of rotatable bonds is 8. The summed E-state index contributed by atoms with van der Waals surface area (Å²) in [5, 5.41) is 2.61. The summed E-state index contributed by atoms with van der Waals surface area (Å²) in [6.45, 7) is 11.0. The zero-order valence-corrected chi connectivity index (χ0v) is 19.7. The van der Waals surface area contributed by atoms with Gasteiger partial charge >= 0.3 is 18.0 Å². The van der Waals surface area contributed by atoms with Crippen molar-refractivity contribution < 1.29 is 33.4 Å². The molecule has 0 aromatic carbocycles. The van der Waals surface area contributed by atoms with Crippen LogP contribution in [0.1, 0.15) is 54.4 Å². The fourth-order valence-electron chi connectivity index (χ4n) is 3.10. The highest BCUT2D eigenvalue weighted by Crippen LogP contribution is 2.32. The van der Waals surface area contributed by atoms with Gasteiger partial charge in [0, 0.05) is 11.3 Å². The van der Waals surface area contributed by atoms with Crippen LogP contribution in [0.15, 0.2) is 0 Å². The quantitative estimate of drug-likeness (QED) is 0.446. The lowest BCUT2D eigenvalue weighted by Gasteiger charge is -2.36. The maximum Gasteiger partial charge on any atom is 0.407 e. The Labute approximate surface area is 182 Å². The molecular formula is C20H34N2O7S. The molecule has 0 radical (unpaired) electrons. The summed E-state index contributed by atoms with van der Waals surface area (Å²) >= 11 is 1.19. The van der Waals surface area contributed by atoms with E-state index in [2.05, 4.69) is 5.32 Å². The molecule has 1 saturated heterocycles. The topological polar surface area (TPSA) is 111 Å². The number of esters is 2. The van der Waals surface area contributed by atoms with Gasteiger partial charge in [0.25, 0.3) is 0 Å². The molecule has 0 aliphatic carbocycles. The summed E-state index contributed by atoms with van der Waals surface area (Å²) in [5.74, 6) is -1.33. The molecule has 1 N–H and O–H groups in total. The van der Waals surface area contributed by atoms with Gasteiger partial charge in [-0.05, 0) is 54.4 Å². The molecule has 1 rings (SSSR count). The molecule has 0 unspecified atom stereocenters. The van der Waals surface area contributed by atoms with Gasteiger partial charge in [-0.1, -0.05) is 0 Å². The van der Waals surface area contributed by atoms with Gasteiger partial charge in [-0.2, -0.15) is 0 Å². The standard InChI is InChI=1S/C20H34N2O7S/c1-8-28-18(26)21-15(16(24)22-11-9-10-13(22)17(25)27-7)20(5,6)30-12-14(23)29-19(2,3)4/h13,15H,8-12H2,1-7H3,(H,21,26)/t13-,15+/m0/s1. The molecule has 0 aromatic heterocycles. The van der Waals surface area contributed by atoms with E-state index < -0.39 is 46.4 Å². The molecule has 0 bridgehead atoms. The van der Waals surface area contributed by atoms with Crippen LogP contribution in [0.2, 0.25) is 0 Å². The summed E-state index contributed by atoms with van der Waals surface area (Å²) in [4.78, 5) is 51.1. The first-order valence-electron chi connectivity index (χ1n) is 9.99. The Morgan fingerprint density at radius 3 is 2.33 bits per heavy atom. The van der Waals surface area contributed by atoms with Crippen LogP contribution in [0.3, 0.4) is 0 Å². The largest absolute Gasteiger partial charge is 0.467 e. The highest BCUT2D eigenvalue weighted by atomic mass is 32.2. The minimum atomic E-state index is -1.02. The molecular weight excluding hydrogens is 412 g/mol. The van der Waals surface area contributed by atoms with Gasteiger partial charge in [-0.15, -0.1) is 11.8 Å². The third-order valence-corrected chi connectivity index (χ3v) is 5.83. The van der Waals surface area contributed by atoms with Crippen LogP contribution < -0.4 is 5.32 Å². The van der Waals surface area contributed by atoms with Gasteiger partial charge in [0.2, 0.25) is 5.91 Å². The van der Waals surface area contributed by atoms with E-state index >= 15 is 0 Å². The molecule has 172 valence electrons. The number of ether oxygens (including phenoxy) is 3. The fraction of sp³-hybridized carbons (Fsp3) is 0.800. The lowest BCUT2D eigenvalue weighted by atomic mass is 10.0. The lowest BCUT2D eigenvalue weighted by molar-refractivity contribution is -0.151. The fourth-order valence-corrected chi connectivity index (χ4v) is 3.98.